The number of carbonyl (C=O) groups is 1. The van der Waals surface area contributed by atoms with Crippen LogP contribution < -0.4 is 10.1 Å². The fourth-order valence-corrected chi connectivity index (χ4v) is 2.51. The van der Waals surface area contributed by atoms with Gasteiger partial charge in [-0.05, 0) is 36.1 Å². The zero-order chi connectivity index (χ0) is 14.4. The zero-order valence-corrected chi connectivity index (χ0v) is 12.0. The molecule has 0 aliphatic carbocycles. The van der Waals surface area contributed by atoms with Crippen molar-refractivity contribution in [1.82, 2.24) is 5.32 Å². The highest BCUT2D eigenvalue weighted by Gasteiger charge is 2.06. The van der Waals surface area contributed by atoms with Crippen LogP contribution in [0, 0.1) is 12.7 Å². The third-order valence-electron chi connectivity index (χ3n) is 2.84. The van der Waals surface area contributed by atoms with Gasteiger partial charge in [-0.3, -0.25) is 4.79 Å². The Kier molecular flexibility index (Phi) is 5.12. The summed E-state index contributed by atoms with van der Waals surface area (Å²) in [6.07, 6.45) is 0.207. The van der Waals surface area contributed by atoms with Gasteiger partial charge in [0, 0.05) is 4.88 Å². The zero-order valence-electron chi connectivity index (χ0n) is 11.2. The van der Waals surface area contributed by atoms with E-state index >= 15 is 0 Å². The average molecular weight is 293 g/mol. The molecule has 0 aliphatic heterocycles. The van der Waals surface area contributed by atoms with E-state index in [0.717, 1.165) is 4.88 Å². The molecule has 0 saturated heterocycles. The Labute approximate surface area is 121 Å². The minimum atomic E-state index is -0.415. The molecule has 3 nitrogen and oxygen atoms in total. The normalized spacial score (nSPS) is 10.3. The molecule has 0 bridgehead atoms. The van der Waals surface area contributed by atoms with Crippen molar-refractivity contribution < 1.29 is 13.9 Å². The van der Waals surface area contributed by atoms with Crippen LogP contribution in [-0.4, -0.2) is 12.5 Å². The Bertz CT molecular complexity index is 583. The van der Waals surface area contributed by atoms with Gasteiger partial charge < -0.3 is 10.1 Å². The molecule has 0 aliphatic rings. The van der Waals surface area contributed by atoms with Crippen LogP contribution in [0.3, 0.4) is 0 Å². The second-order valence-corrected chi connectivity index (χ2v) is 5.33. The lowest BCUT2D eigenvalue weighted by atomic mass is 10.3. The van der Waals surface area contributed by atoms with E-state index in [-0.39, 0.29) is 24.7 Å². The summed E-state index contributed by atoms with van der Waals surface area (Å²) in [4.78, 5) is 12.8. The van der Waals surface area contributed by atoms with Crippen LogP contribution in [0.25, 0.3) is 0 Å². The van der Waals surface area contributed by atoms with E-state index < -0.39 is 5.82 Å². The molecule has 2 rings (SSSR count). The molecule has 0 radical (unpaired) electrons. The fraction of sp³-hybridized carbons (Fsp3) is 0.267. The molecule has 0 saturated carbocycles. The van der Waals surface area contributed by atoms with Crippen molar-refractivity contribution in [2.45, 2.75) is 19.9 Å². The molecule has 1 N–H and O–H groups in total. The second kappa shape index (κ2) is 7.05. The van der Waals surface area contributed by atoms with Gasteiger partial charge in [0.25, 0.3) is 0 Å². The van der Waals surface area contributed by atoms with Crippen LogP contribution in [-0.2, 0) is 11.3 Å². The SMILES string of the molecule is Cc1ccsc1CNC(=O)CCOc1ccccc1F. The molecule has 20 heavy (non-hydrogen) atoms. The first-order valence-electron chi connectivity index (χ1n) is 6.34. The molecule has 0 atom stereocenters. The van der Waals surface area contributed by atoms with E-state index in [1.807, 2.05) is 18.4 Å². The van der Waals surface area contributed by atoms with Crippen molar-refractivity contribution >= 4 is 17.2 Å². The van der Waals surface area contributed by atoms with Crippen LogP contribution in [0.2, 0.25) is 0 Å². The molecule has 1 heterocycles. The number of hydrogen-bond donors (Lipinski definition) is 1. The molecule has 1 aromatic carbocycles. The minimum Gasteiger partial charge on any atom is -0.490 e. The largest absolute Gasteiger partial charge is 0.490 e. The van der Waals surface area contributed by atoms with Gasteiger partial charge in [0.1, 0.15) is 0 Å². The highest BCUT2D eigenvalue weighted by molar-refractivity contribution is 7.10. The van der Waals surface area contributed by atoms with Gasteiger partial charge in [-0.1, -0.05) is 12.1 Å². The lowest BCUT2D eigenvalue weighted by Gasteiger charge is -2.07. The van der Waals surface area contributed by atoms with Crippen LogP contribution in [0.5, 0.6) is 5.75 Å². The topological polar surface area (TPSA) is 38.3 Å². The summed E-state index contributed by atoms with van der Waals surface area (Å²) in [6, 6.07) is 8.18. The number of para-hydroxylation sites is 1. The van der Waals surface area contributed by atoms with E-state index in [0.29, 0.717) is 6.54 Å². The fourth-order valence-electron chi connectivity index (χ4n) is 1.67. The van der Waals surface area contributed by atoms with E-state index in [1.54, 1.807) is 29.5 Å². The van der Waals surface area contributed by atoms with Crippen molar-refractivity contribution in [1.29, 1.82) is 0 Å². The lowest BCUT2D eigenvalue weighted by molar-refractivity contribution is -0.121. The number of rotatable bonds is 6. The van der Waals surface area contributed by atoms with Crippen molar-refractivity contribution in [3.8, 4) is 5.75 Å². The van der Waals surface area contributed by atoms with E-state index in [2.05, 4.69) is 5.32 Å². The predicted molar refractivity (Wildman–Crippen MR) is 77.4 cm³/mol. The number of carbonyl (C=O) groups excluding carboxylic acids is 1. The monoisotopic (exact) mass is 293 g/mol. The van der Waals surface area contributed by atoms with Crippen molar-refractivity contribution in [3.63, 3.8) is 0 Å². The Morgan fingerprint density at radius 2 is 2.15 bits per heavy atom. The van der Waals surface area contributed by atoms with Crippen LogP contribution >= 0.6 is 11.3 Å². The summed E-state index contributed by atoms with van der Waals surface area (Å²) in [6.45, 7) is 2.71. The Morgan fingerprint density at radius 3 is 2.85 bits per heavy atom. The number of hydrogen-bond acceptors (Lipinski definition) is 3. The van der Waals surface area contributed by atoms with Gasteiger partial charge in [-0.25, -0.2) is 4.39 Å². The van der Waals surface area contributed by atoms with Gasteiger partial charge in [0.05, 0.1) is 19.6 Å². The average Bonchev–Trinajstić information content (AvgIpc) is 2.84. The van der Waals surface area contributed by atoms with Gasteiger partial charge >= 0.3 is 0 Å². The van der Waals surface area contributed by atoms with Crippen LogP contribution in [0.4, 0.5) is 4.39 Å². The van der Waals surface area contributed by atoms with Gasteiger partial charge in [-0.2, -0.15) is 0 Å². The quantitative estimate of drug-likeness (QED) is 0.887. The molecule has 5 heteroatoms. The Morgan fingerprint density at radius 1 is 1.35 bits per heavy atom. The molecule has 1 amide bonds. The molecular weight excluding hydrogens is 277 g/mol. The summed E-state index contributed by atoms with van der Waals surface area (Å²) >= 11 is 1.62. The van der Waals surface area contributed by atoms with E-state index in [1.165, 1.54) is 11.6 Å². The van der Waals surface area contributed by atoms with Crippen LogP contribution in [0.15, 0.2) is 35.7 Å². The maximum Gasteiger partial charge on any atom is 0.223 e. The maximum atomic E-state index is 13.3. The molecule has 0 unspecified atom stereocenters. The van der Waals surface area contributed by atoms with Gasteiger partial charge in [-0.15, -0.1) is 11.3 Å². The molecule has 2 aromatic rings. The summed E-state index contributed by atoms with van der Waals surface area (Å²) in [5.41, 5.74) is 1.18. The Hall–Kier alpha value is -1.88. The summed E-state index contributed by atoms with van der Waals surface area (Å²) in [5.74, 6) is -0.342. The number of ether oxygens (including phenoxy) is 1. The van der Waals surface area contributed by atoms with Gasteiger partial charge in [0.15, 0.2) is 11.6 Å². The number of thiophene rings is 1. The molecule has 0 spiro atoms. The van der Waals surface area contributed by atoms with Crippen molar-refractivity contribution in [2.24, 2.45) is 0 Å². The predicted octanol–water partition coefficient (Wildman–Crippen LogP) is 3.28. The highest BCUT2D eigenvalue weighted by Crippen LogP contribution is 2.16. The Balaban J connectivity index is 1.71. The minimum absolute atomic E-state index is 0.103. The van der Waals surface area contributed by atoms with Gasteiger partial charge in [0.2, 0.25) is 5.91 Å². The number of amides is 1. The first-order chi connectivity index (χ1) is 9.66. The van der Waals surface area contributed by atoms with E-state index in [4.69, 9.17) is 4.74 Å². The number of aryl methyl sites for hydroxylation is 1. The number of nitrogens with one attached hydrogen (secondary N) is 1. The molecule has 0 fully saturated rings. The number of benzene rings is 1. The third-order valence-corrected chi connectivity index (χ3v) is 3.86. The summed E-state index contributed by atoms with van der Waals surface area (Å²) < 4.78 is 18.5. The van der Waals surface area contributed by atoms with Crippen molar-refractivity contribution in [2.75, 3.05) is 6.61 Å². The highest BCUT2D eigenvalue weighted by atomic mass is 32.1. The molecule has 1 aromatic heterocycles. The summed E-state index contributed by atoms with van der Waals surface area (Å²) in [5, 5.41) is 4.82. The lowest BCUT2D eigenvalue weighted by Crippen LogP contribution is -2.24. The third kappa shape index (κ3) is 4.06. The molecule has 106 valence electrons. The standard InChI is InChI=1S/C15H16FNO2S/c1-11-7-9-20-14(11)10-17-15(18)6-8-19-13-5-3-2-4-12(13)16/h2-5,7,9H,6,8,10H2,1H3,(H,17,18). The second-order valence-electron chi connectivity index (χ2n) is 4.33. The maximum absolute atomic E-state index is 13.3. The first kappa shape index (κ1) is 14.5. The van der Waals surface area contributed by atoms with Crippen molar-refractivity contribution in [3.05, 3.63) is 52.0 Å². The number of halogens is 1. The molecular formula is C15H16FNO2S. The summed E-state index contributed by atoms with van der Waals surface area (Å²) in [7, 11) is 0. The van der Waals surface area contributed by atoms with E-state index in [9.17, 15) is 9.18 Å². The smallest absolute Gasteiger partial charge is 0.223 e. The first-order valence-corrected chi connectivity index (χ1v) is 7.22. The van der Waals surface area contributed by atoms with Crippen LogP contribution in [0.1, 0.15) is 16.9 Å².